The van der Waals surface area contributed by atoms with Gasteiger partial charge in [0.15, 0.2) is 0 Å². The monoisotopic (exact) mass is 1120 g/mol. The third-order valence-electron chi connectivity index (χ3n) is 16.0. The van der Waals surface area contributed by atoms with Gasteiger partial charge in [-0.25, -0.2) is 0 Å². The molecule has 368 valence electrons. The average Bonchev–Trinajstić information content (AvgIpc) is 3.99. The third kappa shape index (κ3) is 16.2. The van der Waals surface area contributed by atoms with Crippen LogP contribution >= 0.6 is 0 Å². The average molecular weight is 1130 g/mol. The molecule has 4 saturated carbocycles. The van der Waals surface area contributed by atoms with E-state index in [-0.39, 0.29) is 24.8 Å². The van der Waals surface area contributed by atoms with Crippen molar-refractivity contribution in [2.24, 2.45) is 0 Å². The molecule has 0 unspecified atom stereocenters. The standard InChI is InChI=1S/4C16H19.2CH2.2ClH.2Zr/c4*1-2-4-8-13(7-3-1)16-12-11-14-9-5-6-10-15(14)16;;;;;;/h4*5-6,9-13H,1-4,7-8H2;2*1H2;2*1H;;/q4*-1;;;;;2*+2/p-2. The Morgan fingerprint density at radius 3 is 0.629 bits per heavy atom. The minimum atomic E-state index is 0. The molecule has 0 spiro atoms. The molecule has 4 heteroatoms. The molecule has 0 saturated heterocycles. The van der Waals surface area contributed by atoms with Crippen LogP contribution in [-0.4, -0.2) is 8.42 Å². The van der Waals surface area contributed by atoms with Crippen molar-refractivity contribution in [2.45, 2.75) is 178 Å². The molecular formula is C66H80Cl2Zr2-2. The fourth-order valence-electron chi connectivity index (χ4n) is 12.5. The van der Waals surface area contributed by atoms with Crippen LogP contribution in [0.5, 0.6) is 0 Å². The van der Waals surface area contributed by atoms with Crippen LogP contribution in [0.4, 0.5) is 0 Å². The summed E-state index contributed by atoms with van der Waals surface area (Å²) in [5, 5.41) is 11.7. The Bertz CT molecular complexity index is 2240. The Balaban J connectivity index is 0.000000168. The molecule has 0 bridgehead atoms. The topological polar surface area (TPSA) is 0 Å². The summed E-state index contributed by atoms with van der Waals surface area (Å²) in [6, 6.07) is 53.9. The van der Waals surface area contributed by atoms with Gasteiger partial charge in [0.25, 0.3) is 0 Å². The maximum atomic E-state index is 3.34. The first-order valence-electron chi connectivity index (χ1n) is 27.1. The Labute approximate surface area is 466 Å². The summed E-state index contributed by atoms with van der Waals surface area (Å²) >= 11 is 2.60. The zero-order valence-electron chi connectivity index (χ0n) is 42.3. The van der Waals surface area contributed by atoms with Gasteiger partial charge in [0.1, 0.15) is 0 Å². The van der Waals surface area contributed by atoms with Crippen molar-refractivity contribution in [2.75, 3.05) is 0 Å². The Morgan fingerprint density at radius 2 is 0.443 bits per heavy atom. The molecule has 0 nitrogen and oxygen atoms in total. The molecule has 0 aromatic heterocycles. The first-order valence-corrected chi connectivity index (χ1v) is 30.6. The molecule has 0 radical (unpaired) electrons. The summed E-state index contributed by atoms with van der Waals surface area (Å²) in [5.74, 6) is 3.29. The fraction of sp³-hybridized carbons (Fsp3) is 0.424. The summed E-state index contributed by atoms with van der Waals surface area (Å²) in [4.78, 5) is 0. The molecule has 4 aliphatic rings. The SMILES string of the molecule is [CH2]=[Zr+2].[CH2]=[Zr+2].[Cl-].[Cl-].c1ccc2c(C3CCCCCC3)c[cH-]c2c1.c1ccc2c(C3CCCCCC3)c[cH-]c2c1.c1ccc2c(C3CCCCCC3)c[cH-]c2c1.c1ccc2c(C3CCCCCC3)c[cH-]c2c1. The predicted octanol–water partition coefficient (Wildman–Crippen LogP) is 13.9. The Morgan fingerprint density at radius 1 is 0.271 bits per heavy atom. The van der Waals surface area contributed by atoms with Crippen LogP contribution in [0, 0.1) is 0 Å². The minimum absolute atomic E-state index is 0. The van der Waals surface area contributed by atoms with Crippen LogP contribution in [0.2, 0.25) is 0 Å². The summed E-state index contributed by atoms with van der Waals surface area (Å²) in [6.07, 6.45) is 34.1. The zero-order valence-corrected chi connectivity index (χ0v) is 48.7. The molecule has 8 aromatic carbocycles. The van der Waals surface area contributed by atoms with E-state index in [0.717, 1.165) is 23.7 Å². The van der Waals surface area contributed by atoms with E-state index in [9.17, 15) is 0 Å². The molecule has 0 aliphatic heterocycles. The second kappa shape index (κ2) is 32.6. The van der Waals surface area contributed by atoms with Crippen molar-refractivity contribution in [1.82, 2.24) is 0 Å². The molecule has 70 heavy (non-hydrogen) atoms. The molecular weight excluding hydrogens is 1050 g/mol. The van der Waals surface area contributed by atoms with E-state index in [0.29, 0.717) is 0 Å². The minimum Gasteiger partial charge on any atom is -1.00 e. The molecule has 12 rings (SSSR count). The van der Waals surface area contributed by atoms with E-state index < -0.39 is 0 Å². The van der Waals surface area contributed by atoms with Crippen molar-refractivity contribution in [3.05, 3.63) is 168 Å². The van der Waals surface area contributed by atoms with Gasteiger partial charge in [-0.2, -0.15) is 22.3 Å². The molecule has 0 atom stereocenters. The second-order valence-electron chi connectivity index (χ2n) is 20.3. The molecule has 4 fully saturated rings. The van der Waals surface area contributed by atoms with Gasteiger partial charge in [0, 0.05) is 0 Å². The van der Waals surface area contributed by atoms with Gasteiger partial charge in [0.2, 0.25) is 0 Å². The maximum absolute atomic E-state index is 3.34. The van der Waals surface area contributed by atoms with Crippen molar-refractivity contribution in [3.8, 4) is 0 Å². The van der Waals surface area contributed by atoms with E-state index in [1.54, 1.807) is 22.3 Å². The van der Waals surface area contributed by atoms with Crippen molar-refractivity contribution >= 4 is 51.5 Å². The van der Waals surface area contributed by atoms with Crippen LogP contribution in [-0.2, 0) is 48.5 Å². The van der Waals surface area contributed by atoms with E-state index in [1.165, 1.54) is 246 Å². The van der Waals surface area contributed by atoms with Gasteiger partial charge < -0.3 is 24.8 Å². The first kappa shape index (κ1) is 58.3. The van der Waals surface area contributed by atoms with Crippen molar-refractivity contribution in [1.29, 1.82) is 0 Å². The third-order valence-corrected chi connectivity index (χ3v) is 16.0. The Hall–Kier alpha value is -2.59. The number of hydrogen-bond acceptors (Lipinski definition) is 0. The smallest absolute Gasteiger partial charge is 0.0533 e. The second-order valence-corrected chi connectivity index (χ2v) is 20.3. The van der Waals surface area contributed by atoms with Crippen LogP contribution in [0.15, 0.2) is 146 Å². The first-order chi connectivity index (χ1) is 33.8. The largest absolute Gasteiger partial charge is 1.00 e. The van der Waals surface area contributed by atoms with Crippen LogP contribution < -0.4 is 24.8 Å². The quantitative estimate of drug-likeness (QED) is 0.122. The van der Waals surface area contributed by atoms with Crippen molar-refractivity contribution < 1.29 is 73.3 Å². The predicted molar refractivity (Wildman–Crippen MR) is 294 cm³/mol. The molecule has 8 aromatic rings. The van der Waals surface area contributed by atoms with Gasteiger partial charge in [-0.1, -0.05) is 202 Å². The molecule has 4 aliphatic carbocycles. The zero-order chi connectivity index (χ0) is 47.2. The van der Waals surface area contributed by atoms with E-state index in [1.807, 2.05) is 0 Å². The van der Waals surface area contributed by atoms with Crippen LogP contribution in [0.1, 0.15) is 200 Å². The fourth-order valence-corrected chi connectivity index (χ4v) is 12.5. The molecule has 0 N–H and O–H groups in total. The number of hydrogen-bond donors (Lipinski definition) is 0. The van der Waals surface area contributed by atoms with Gasteiger partial charge in [0.05, 0.1) is 0 Å². The van der Waals surface area contributed by atoms with Gasteiger partial charge >= 0.3 is 56.9 Å². The van der Waals surface area contributed by atoms with Gasteiger partial charge in [-0.15, -0.1) is 164 Å². The Kier molecular flexibility index (Phi) is 27.1. The number of rotatable bonds is 4. The number of benzene rings is 4. The number of fused-ring (bicyclic) bond motifs is 4. The van der Waals surface area contributed by atoms with Gasteiger partial charge in [-0.05, 0) is 0 Å². The van der Waals surface area contributed by atoms with Crippen LogP contribution in [0.3, 0.4) is 0 Å². The summed E-state index contributed by atoms with van der Waals surface area (Å²) in [6.45, 7) is 0. The normalized spacial score (nSPS) is 17.3. The van der Waals surface area contributed by atoms with E-state index >= 15 is 0 Å². The van der Waals surface area contributed by atoms with E-state index in [4.69, 9.17) is 0 Å². The molecule has 0 amide bonds. The van der Waals surface area contributed by atoms with Gasteiger partial charge in [-0.3, -0.25) is 0 Å². The molecule has 0 heterocycles. The number of halogens is 2. The van der Waals surface area contributed by atoms with Crippen LogP contribution in [0.25, 0.3) is 43.1 Å². The summed E-state index contributed by atoms with van der Waals surface area (Å²) in [5.41, 5.74) is 6.44. The summed E-state index contributed by atoms with van der Waals surface area (Å²) < 4.78 is 6.68. The van der Waals surface area contributed by atoms with E-state index in [2.05, 4.69) is 154 Å². The summed E-state index contributed by atoms with van der Waals surface area (Å²) in [7, 11) is 0. The van der Waals surface area contributed by atoms with Crippen molar-refractivity contribution in [3.63, 3.8) is 0 Å². The maximum Gasteiger partial charge on any atom is -0.0533 e.